The first-order chi connectivity index (χ1) is 10.7. The summed E-state index contributed by atoms with van der Waals surface area (Å²) < 4.78 is 0. The maximum Gasteiger partial charge on any atom is 0.193 e. The molecule has 5 nitrogen and oxygen atoms in total. The van der Waals surface area contributed by atoms with Crippen LogP contribution in [0.25, 0.3) is 10.8 Å². The summed E-state index contributed by atoms with van der Waals surface area (Å²) in [6.07, 6.45) is 3.49. The Morgan fingerprint density at radius 2 is 2.05 bits per heavy atom. The Bertz CT molecular complexity index is 822. The van der Waals surface area contributed by atoms with Crippen LogP contribution in [0.3, 0.4) is 0 Å². The van der Waals surface area contributed by atoms with Gasteiger partial charge in [-0.3, -0.25) is 10.4 Å². The summed E-state index contributed by atoms with van der Waals surface area (Å²) in [7, 11) is 0. The molecule has 0 bridgehead atoms. The van der Waals surface area contributed by atoms with E-state index >= 15 is 0 Å². The molecule has 7 heteroatoms. The number of pyridine rings is 1. The van der Waals surface area contributed by atoms with Gasteiger partial charge in [-0.25, -0.2) is 4.98 Å². The molecule has 2 heterocycles. The lowest BCUT2D eigenvalue weighted by atomic mass is 10.1. The number of hydrazone groups is 1. The molecule has 0 spiro atoms. The van der Waals surface area contributed by atoms with Gasteiger partial charge in [-0.1, -0.05) is 24.3 Å². The number of fused-ring (bicyclic) bond motifs is 1. The zero-order chi connectivity index (χ0) is 15.4. The van der Waals surface area contributed by atoms with E-state index in [1.54, 1.807) is 12.4 Å². The lowest BCUT2D eigenvalue weighted by Gasteiger charge is -2.07. The first-order valence-electron chi connectivity index (χ1n) is 6.59. The Balaban J connectivity index is 1.77. The van der Waals surface area contributed by atoms with Crippen LogP contribution in [-0.2, 0) is 0 Å². The molecule has 0 aliphatic heterocycles. The van der Waals surface area contributed by atoms with Crippen molar-refractivity contribution >= 4 is 50.3 Å². The third-order valence-corrected chi connectivity index (χ3v) is 3.88. The van der Waals surface area contributed by atoms with E-state index < -0.39 is 0 Å². The zero-order valence-corrected chi connectivity index (χ0v) is 13.4. The third-order valence-electron chi connectivity index (χ3n) is 2.99. The molecule has 22 heavy (non-hydrogen) atoms. The Hall–Kier alpha value is -2.38. The highest BCUT2D eigenvalue weighted by Gasteiger charge is 2.05. The van der Waals surface area contributed by atoms with Gasteiger partial charge in [0.2, 0.25) is 0 Å². The molecule has 0 aliphatic carbocycles. The lowest BCUT2D eigenvalue weighted by molar-refractivity contribution is 1.03. The van der Waals surface area contributed by atoms with Gasteiger partial charge in [0.05, 0.1) is 11.4 Å². The van der Waals surface area contributed by atoms with Gasteiger partial charge in [0.15, 0.2) is 10.2 Å². The van der Waals surface area contributed by atoms with Crippen molar-refractivity contribution in [1.29, 1.82) is 0 Å². The van der Waals surface area contributed by atoms with Gasteiger partial charge in [0.25, 0.3) is 0 Å². The topological polar surface area (TPSA) is 62.2 Å². The molecule has 0 saturated heterocycles. The van der Waals surface area contributed by atoms with E-state index in [0.717, 1.165) is 27.3 Å². The molecule has 3 aromatic rings. The van der Waals surface area contributed by atoms with Crippen molar-refractivity contribution in [2.75, 3.05) is 5.32 Å². The van der Waals surface area contributed by atoms with Gasteiger partial charge < -0.3 is 5.32 Å². The minimum absolute atomic E-state index is 0.398. The summed E-state index contributed by atoms with van der Waals surface area (Å²) >= 11 is 6.66. The molecule has 0 aliphatic rings. The Kier molecular flexibility index (Phi) is 4.36. The van der Waals surface area contributed by atoms with Crippen molar-refractivity contribution in [2.45, 2.75) is 6.92 Å². The number of hydrogen-bond donors (Lipinski definition) is 2. The standard InChI is InChI=1S/C15H13N5S2/c1-10(19-20-14(21)18-15-17-8-9-22-15)13-12-5-3-2-4-11(12)6-7-16-13/h2-9H,1H3,(H2,17,18,20,21)/b19-10-. The first-order valence-corrected chi connectivity index (χ1v) is 7.88. The molecular formula is C15H13N5S2. The fourth-order valence-electron chi connectivity index (χ4n) is 2.01. The van der Waals surface area contributed by atoms with E-state index in [0.29, 0.717) is 5.11 Å². The quantitative estimate of drug-likeness (QED) is 0.438. The number of nitrogens with zero attached hydrogens (tertiary/aromatic N) is 3. The minimum Gasteiger partial charge on any atom is -0.307 e. The summed E-state index contributed by atoms with van der Waals surface area (Å²) in [5, 5.41) is 12.5. The number of aromatic nitrogens is 2. The van der Waals surface area contributed by atoms with E-state index in [4.69, 9.17) is 12.2 Å². The highest BCUT2D eigenvalue weighted by Crippen LogP contribution is 2.16. The smallest absolute Gasteiger partial charge is 0.193 e. The zero-order valence-electron chi connectivity index (χ0n) is 11.8. The van der Waals surface area contributed by atoms with Crippen LogP contribution in [0.5, 0.6) is 0 Å². The van der Waals surface area contributed by atoms with Crippen molar-refractivity contribution in [2.24, 2.45) is 5.10 Å². The van der Waals surface area contributed by atoms with E-state index in [-0.39, 0.29) is 0 Å². The highest BCUT2D eigenvalue weighted by molar-refractivity contribution is 7.80. The largest absolute Gasteiger partial charge is 0.307 e. The predicted octanol–water partition coefficient (Wildman–Crippen LogP) is 3.40. The average Bonchev–Trinajstić information content (AvgIpc) is 3.05. The van der Waals surface area contributed by atoms with Crippen LogP contribution in [0.1, 0.15) is 12.6 Å². The molecule has 0 saturated carbocycles. The van der Waals surface area contributed by atoms with Crippen molar-refractivity contribution in [3.8, 4) is 0 Å². The van der Waals surface area contributed by atoms with Crippen LogP contribution in [0, 0.1) is 0 Å². The lowest BCUT2D eigenvalue weighted by Crippen LogP contribution is -2.25. The summed E-state index contributed by atoms with van der Waals surface area (Å²) in [6.45, 7) is 1.90. The Labute approximate surface area is 137 Å². The molecule has 3 rings (SSSR count). The molecule has 2 N–H and O–H groups in total. The van der Waals surface area contributed by atoms with Gasteiger partial charge in [0, 0.05) is 23.2 Å². The van der Waals surface area contributed by atoms with Crippen molar-refractivity contribution in [3.05, 3.63) is 53.8 Å². The summed E-state index contributed by atoms with van der Waals surface area (Å²) in [4.78, 5) is 8.52. The highest BCUT2D eigenvalue weighted by atomic mass is 32.1. The molecule has 0 fully saturated rings. The summed E-state index contributed by atoms with van der Waals surface area (Å²) in [5.41, 5.74) is 4.42. The van der Waals surface area contributed by atoms with E-state index in [1.165, 1.54) is 11.3 Å². The van der Waals surface area contributed by atoms with Crippen LogP contribution in [0.15, 0.2) is 53.2 Å². The van der Waals surface area contributed by atoms with Gasteiger partial charge >= 0.3 is 0 Å². The number of thiocarbonyl (C=S) groups is 1. The van der Waals surface area contributed by atoms with Crippen LogP contribution in [0.4, 0.5) is 5.13 Å². The molecule has 2 aromatic heterocycles. The molecule has 0 amide bonds. The summed E-state index contributed by atoms with van der Waals surface area (Å²) in [6, 6.07) is 10.1. The molecule has 0 atom stereocenters. The second-order valence-electron chi connectivity index (χ2n) is 4.48. The number of benzene rings is 1. The number of anilines is 1. The Morgan fingerprint density at radius 3 is 2.86 bits per heavy atom. The van der Waals surface area contributed by atoms with Crippen molar-refractivity contribution < 1.29 is 0 Å². The van der Waals surface area contributed by atoms with Crippen LogP contribution in [0.2, 0.25) is 0 Å². The Morgan fingerprint density at radius 1 is 1.18 bits per heavy atom. The second-order valence-corrected chi connectivity index (χ2v) is 5.78. The number of hydrogen-bond acceptors (Lipinski definition) is 5. The number of nitrogens with one attached hydrogen (secondary N) is 2. The van der Waals surface area contributed by atoms with Crippen LogP contribution < -0.4 is 10.7 Å². The molecule has 1 aromatic carbocycles. The molecule has 0 unspecified atom stereocenters. The molecule has 110 valence electrons. The van der Waals surface area contributed by atoms with E-state index in [2.05, 4.69) is 31.9 Å². The maximum absolute atomic E-state index is 5.18. The normalized spacial score (nSPS) is 11.4. The van der Waals surface area contributed by atoms with Gasteiger partial charge in [-0.15, -0.1) is 11.3 Å². The van der Waals surface area contributed by atoms with Crippen molar-refractivity contribution in [1.82, 2.24) is 15.4 Å². The predicted molar refractivity (Wildman–Crippen MR) is 95.4 cm³/mol. The minimum atomic E-state index is 0.398. The number of rotatable bonds is 3. The third kappa shape index (κ3) is 3.26. The van der Waals surface area contributed by atoms with Gasteiger partial charge in [-0.2, -0.15) is 5.10 Å². The van der Waals surface area contributed by atoms with Crippen LogP contribution in [-0.4, -0.2) is 20.8 Å². The fourth-order valence-corrected chi connectivity index (χ4v) is 2.75. The summed E-state index contributed by atoms with van der Waals surface area (Å²) in [5.74, 6) is 0. The van der Waals surface area contributed by atoms with E-state index in [9.17, 15) is 0 Å². The maximum atomic E-state index is 5.18. The van der Waals surface area contributed by atoms with E-state index in [1.807, 2.05) is 36.6 Å². The molecular weight excluding hydrogens is 314 g/mol. The van der Waals surface area contributed by atoms with Gasteiger partial charge in [-0.05, 0) is 30.6 Å². The fraction of sp³-hybridized carbons (Fsp3) is 0.0667. The monoisotopic (exact) mass is 327 g/mol. The average molecular weight is 327 g/mol. The molecule has 0 radical (unpaired) electrons. The first kappa shape index (κ1) is 14.6. The van der Waals surface area contributed by atoms with Crippen LogP contribution >= 0.6 is 23.6 Å². The second kappa shape index (κ2) is 6.59. The number of thiazole rings is 1. The van der Waals surface area contributed by atoms with Crippen molar-refractivity contribution in [3.63, 3.8) is 0 Å². The SMILES string of the molecule is C/C(=N/NC(=S)Nc1nccs1)c1nccc2ccccc12. The van der Waals surface area contributed by atoms with Gasteiger partial charge in [0.1, 0.15) is 0 Å².